The molecule has 0 aromatic heterocycles. The predicted molar refractivity (Wildman–Crippen MR) is 232 cm³/mol. The van der Waals surface area contributed by atoms with Crippen LogP contribution in [0.15, 0.2) is 0 Å². The molecule has 21 aliphatic heterocycles. The van der Waals surface area contributed by atoms with Crippen molar-refractivity contribution in [2.45, 2.75) is 215 Å². The second-order valence-corrected chi connectivity index (χ2v) is 19.8. The van der Waals surface area contributed by atoms with Crippen molar-refractivity contribution in [3.05, 3.63) is 0 Å². The third-order valence-corrected chi connectivity index (χ3v) is 15.0. The Morgan fingerprint density at radius 2 is 0.338 bits per heavy atom. The molecule has 0 aromatic rings. The van der Waals surface area contributed by atoms with Crippen LogP contribution in [0.2, 0.25) is 0 Å². The molecule has 21 saturated heterocycles. The first-order valence-electron chi connectivity index (χ1n) is 24.8. The number of hydrogen-bond donors (Lipinski definition) is 21. The van der Waals surface area contributed by atoms with Crippen LogP contribution in [0.25, 0.3) is 0 Å². The monoisotopic (exact) mass is 1130 g/mol. The number of aliphatic hydroxyl groups is 19. The maximum atomic E-state index is 11.4. The molecule has 0 amide bonds. The van der Waals surface area contributed by atoms with Gasteiger partial charge < -0.3 is 175 Å². The van der Waals surface area contributed by atoms with Crippen LogP contribution in [-0.4, -0.2) is 358 Å². The lowest BCUT2D eigenvalue weighted by molar-refractivity contribution is -0.392. The molecule has 21 fully saturated rings. The van der Waals surface area contributed by atoms with Crippen LogP contribution >= 0.6 is 0 Å². The number of hydrogen-bond acceptors (Lipinski definition) is 35. The minimum atomic E-state index is -2.18. The summed E-state index contributed by atoms with van der Waals surface area (Å²) in [5.41, 5.74) is 12.7. The van der Waals surface area contributed by atoms with E-state index in [1.54, 1.807) is 0 Å². The molecule has 0 radical (unpaired) electrons. The fourth-order valence-electron chi connectivity index (χ4n) is 10.5. The van der Waals surface area contributed by atoms with E-state index in [0.29, 0.717) is 0 Å². The lowest BCUT2D eigenvalue weighted by Gasteiger charge is -2.50. The molecule has 21 rings (SSSR count). The zero-order chi connectivity index (χ0) is 56.1. The normalized spacial score (nSPS) is 55.4. The molecular weight excluding hydrogens is 1060 g/mol. The first kappa shape index (κ1) is 61.7. The molecule has 14 bridgehead atoms. The lowest BCUT2D eigenvalue weighted by Crippen LogP contribution is -2.69. The predicted octanol–water partition coefficient (Wildman–Crippen LogP) is -15.3. The maximum Gasteiger partial charge on any atom is 0.187 e. The van der Waals surface area contributed by atoms with Gasteiger partial charge in [0.25, 0.3) is 0 Å². The van der Waals surface area contributed by atoms with Crippen LogP contribution in [-0.2, 0) is 66.3 Å². The number of ether oxygens (including phenoxy) is 14. The summed E-state index contributed by atoms with van der Waals surface area (Å²) in [6, 6.07) is -3.32. The van der Waals surface area contributed by atoms with Gasteiger partial charge in [0.05, 0.1) is 58.3 Å². The Morgan fingerprint density at radius 1 is 0.195 bits per heavy atom. The Labute approximate surface area is 435 Å². The van der Waals surface area contributed by atoms with Crippen molar-refractivity contribution in [2.75, 3.05) is 46.2 Å². The van der Waals surface area contributed by atoms with Gasteiger partial charge in [-0.2, -0.15) is 0 Å². The third-order valence-electron chi connectivity index (χ3n) is 15.0. The van der Waals surface area contributed by atoms with Gasteiger partial charge in [-0.1, -0.05) is 0 Å². The van der Waals surface area contributed by atoms with Crippen molar-refractivity contribution >= 4 is 0 Å². The van der Waals surface area contributed by atoms with Gasteiger partial charge in [-0.15, -0.1) is 0 Å². The van der Waals surface area contributed by atoms with Gasteiger partial charge in [-0.05, 0) is 0 Å². The van der Waals surface area contributed by atoms with Crippen LogP contribution in [0.5, 0.6) is 0 Å². The highest BCUT2D eigenvalue weighted by Gasteiger charge is 2.59. The van der Waals surface area contributed by atoms with Crippen molar-refractivity contribution in [2.24, 2.45) is 11.5 Å². The first-order chi connectivity index (χ1) is 36.7. The number of aliphatic hydroxyl groups excluding tert-OH is 19. The van der Waals surface area contributed by atoms with E-state index in [9.17, 15) is 97.0 Å². The average molecular weight is 1130 g/mol. The maximum absolute atomic E-state index is 11.4. The summed E-state index contributed by atoms with van der Waals surface area (Å²) in [4.78, 5) is 0. The molecule has 21 heterocycles. The molecule has 23 N–H and O–H groups in total. The highest BCUT2D eigenvalue weighted by Crippen LogP contribution is 2.38. The van der Waals surface area contributed by atoms with Crippen LogP contribution in [0.3, 0.4) is 0 Å². The number of nitrogens with two attached hydrogens (primary N) is 2. The molecular formula is C42H72N2O33. The van der Waals surface area contributed by atoms with Crippen LogP contribution in [0.1, 0.15) is 0 Å². The van der Waals surface area contributed by atoms with Gasteiger partial charge in [0, 0.05) is 0 Å². The Kier molecular flexibility index (Phi) is 20.8. The summed E-state index contributed by atoms with van der Waals surface area (Å²) < 4.78 is 80.4. The standard InChI is InChI=1S/C42H72N2O33/c43-15-17(52)36-64-9(2-46)30(15)72-39-25(60)20(55)34(13(6-50)67-39)76-42-28(63)23(58)35(14(7-51)70-42)77-41-27(62)22(57)32(11(4-48)69-41)74-37-18(53)16(44)29(8(1-45)65-37)71-38-24(59)19(54)33(12(5-49)66-38)75-40-26(61)21(56)31(73-36)10(3-47)68-40/h8-42,45-63H,1-7,43-44H2/t8-,9-,10-,11-,12-,13-,14-,15-,16-,17-,18-,19-,20-,21-,22-,23-,24-,25-,26-,27-,28-,29-,30-,31-,32-,33-,34-,35-,36-,37-,38-,39-,40-,41-,42-/m1/s1. The highest BCUT2D eigenvalue weighted by molar-refractivity contribution is 5.02. The second-order valence-electron chi connectivity index (χ2n) is 19.8. The van der Waals surface area contributed by atoms with Crippen molar-refractivity contribution in [1.29, 1.82) is 0 Å². The van der Waals surface area contributed by atoms with E-state index >= 15 is 0 Å². The number of rotatable bonds is 7. The van der Waals surface area contributed by atoms with E-state index in [-0.39, 0.29) is 0 Å². The minimum Gasteiger partial charge on any atom is -0.394 e. The van der Waals surface area contributed by atoms with E-state index in [1.807, 2.05) is 0 Å². The van der Waals surface area contributed by atoms with E-state index in [0.717, 1.165) is 0 Å². The largest absolute Gasteiger partial charge is 0.394 e. The average Bonchev–Trinajstić information content (AvgIpc) is 3.45. The molecule has 0 unspecified atom stereocenters. The zero-order valence-electron chi connectivity index (χ0n) is 40.5. The van der Waals surface area contributed by atoms with E-state index < -0.39 is 261 Å². The fourth-order valence-corrected chi connectivity index (χ4v) is 10.5. The topological polar surface area (TPSA) is 566 Å². The Morgan fingerprint density at radius 3 is 0.506 bits per heavy atom. The summed E-state index contributed by atoms with van der Waals surface area (Å²) >= 11 is 0. The zero-order valence-corrected chi connectivity index (χ0v) is 40.5. The smallest absolute Gasteiger partial charge is 0.187 e. The van der Waals surface area contributed by atoms with Crippen molar-refractivity contribution in [3.63, 3.8) is 0 Å². The van der Waals surface area contributed by atoms with Gasteiger partial charge in [0.2, 0.25) is 0 Å². The van der Waals surface area contributed by atoms with E-state index in [4.69, 9.17) is 77.8 Å². The van der Waals surface area contributed by atoms with Gasteiger partial charge >= 0.3 is 0 Å². The molecule has 35 heteroatoms. The van der Waals surface area contributed by atoms with Gasteiger partial charge in [0.15, 0.2) is 44.0 Å². The molecule has 0 aromatic carbocycles. The van der Waals surface area contributed by atoms with Crippen LogP contribution in [0.4, 0.5) is 0 Å². The molecule has 21 aliphatic rings. The Balaban J connectivity index is 1.08. The molecule has 0 spiro atoms. The SMILES string of the molecule is N[C@@H]1[C@@H](O)[C@H]2O[C@H]3[C@H](O)[C@@H](O)[C@@H](O[C@H]4[C@H](O)[C@@H](O)[C@@H](O[C@H]5[C@H](O)[C@@H](O)[C@@H](O[C@H]6[C@H](N)[C@@H](O)[C@@H](O[C@H]7[C@H](O)[C@@H](O)[C@@H](O[C@H]8[C@H](O)[C@@H](O)[C@@H](O[C@@H]1[C@@H](CO)O2)O[C@@H]8CO)O[C@@H]7CO)O[C@@H]6CO)O[C@@H]5CO)O[C@@H]4CO)O[C@@H]3CO. The summed E-state index contributed by atoms with van der Waals surface area (Å²) in [6.07, 6.45) is -63.2. The molecule has 35 atom stereocenters. The molecule has 0 saturated carbocycles. The van der Waals surface area contributed by atoms with E-state index in [2.05, 4.69) is 0 Å². The quantitative estimate of drug-likeness (QED) is 0.113. The molecule has 448 valence electrons. The molecule has 77 heavy (non-hydrogen) atoms. The third kappa shape index (κ3) is 12.1. The first-order valence-corrected chi connectivity index (χ1v) is 24.8. The summed E-state index contributed by atoms with van der Waals surface area (Å²) in [6.45, 7) is -6.97. The van der Waals surface area contributed by atoms with Gasteiger partial charge in [0.1, 0.15) is 159 Å². The molecule has 0 aliphatic carbocycles. The highest BCUT2D eigenvalue weighted by atomic mass is 16.8. The minimum absolute atomic E-state index is 0.961. The van der Waals surface area contributed by atoms with Crippen molar-refractivity contribution < 1.29 is 163 Å². The van der Waals surface area contributed by atoms with Crippen LogP contribution < -0.4 is 11.5 Å². The lowest BCUT2D eigenvalue weighted by atomic mass is 9.94. The second kappa shape index (κ2) is 26.0. The summed E-state index contributed by atoms with van der Waals surface area (Å²) in [7, 11) is 0. The van der Waals surface area contributed by atoms with Crippen molar-refractivity contribution in [3.8, 4) is 0 Å². The Hall–Kier alpha value is -1.40. The van der Waals surface area contributed by atoms with Gasteiger partial charge in [-0.25, -0.2) is 0 Å². The van der Waals surface area contributed by atoms with Gasteiger partial charge in [-0.3, -0.25) is 0 Å². The van der Waals surface area contributed by atoms with E-state index in [1.165, 1.54) is 0 Å². The van der Waals surface area contributed by atoms with Crippen LogP contribution in [0, 0.1) is 0 Å². The van der Waals surface area contributed by atoms with Crippen molar-refractivity contribution in [1.82, 2.24) is 0 Å². The fraction of sp³-hybridized carbons (Fsp3) is 1.00. The Bertz CT molecular complexity index is 1480. The summed E-state index contributed by atoms with van der Waals surface area (Å²) in [5.74, 6) is 0. The molecule has 35 nitrogen and oxygen atoms in total. The summed E-state index contributed by atoms with van der Waals surface area (Å²) in [5, 5.41) is 209.